The van der Waals surface area contributed by atoms with Crippen molar-refractivity contribution in [1.29, 1.82) is 5.26 Å². The number of hydrogen-bond acceptors (Lipinski definition) is 3. The highest BCUT2D eigenvalue weighted by atomic mass is 16.5. The molecule has 3 nitrogen and oxygen atoms in total. The molecule has 0 spiro atoms. The molecular weight excluding hydrogens is 260 g/mol. The molecule has 0 aliphatic rings. The van der Waals surface area contributed by atoms with Crippen LogP contribution in [0.4, 0.5) is 0 Å². The highest BCUT2D eigenvalue weighted by molar-refractivity contribution is 5.42. The third-order valence-corrected chi connectivity index (χ3v) is 3.44. The molecule has 3 heteroatoms. The van der Waals surface area contributed by atoms with E-state index in [0.29, 0.717) is 5.56 Å². The first-order valence-electron chi connectivity index (χ1n) is 7.06. The third-order valence-electron chi connectivity index (χ3n) is 3.44. The molecule has 0 bridgehead atoms. The number of nitrogens with zero attached hydrogens (tertiary/aromatic N) is 1. The Labute approximate surface area is 126 Å². The SMILES string of the molecule is COc1cc(C#N)ccc1CCNCc1ccc(C)cc1. The van der Waals surface area contributed by atoms with Crippen molar-refractivity contribution in [3.05, 3.63) is 64.7 Å². The van der Waals surface area contributed by atoms with E-state index in [-0.39, 0.29) is 0 Å². The number of methoxy groups -OCH3 is 1. The van der Waals surface area contributed by atoms with Crippen molar-refractivity contribution in [3.63, 3.8) is 0 Å². The zero-order valence-corrected chi connectivity index (χ0v) is 12.5. The first-order valence-corrected chi connectivity index (χ1v) is 7.06. The van der Waals surface area contributed by atoms with Crippen LogP contribution in [0.2, 0.25) is 0 Å². The smallest absolute Gasteiger partial charge is 0.123 e. The van der Waals surface area contributed by atoms with Crippen molar-refractivity contribution in [1.82, 2.24) is 5.32 Å². The van der Waals surface area contributed by atoms with Gasteiger partial charge < -0.3 is 10.1 Å². The Kier molecular flexibility index (Phi) is 5.36. The van der Waals surface area contributed by atoms with E-state index >= 15 is 0 Å². The molecule has 0 saturated carbocycles. The van der Waals surface area contributed by atoms with Gasteiger partial charge in [-0.15, -0.1) is 0 Å². The van der Waals surface area contributed by atoms with Crippen LogP contribution >= 0.6 is 0 Å². The molecule has 0 unspecified atom stereocenters. The summed E-state index contributed by atoms with van der Waals surface area (Å²) in [7, 11) is 1.64. The van der Waals surface area contributed by atoms with Gasteiger partial charge in [-0.1, -0.05) is 35.9 Å². The summed E-state index contributed by atoms with van der Waals surface area (Å²) in [6.45, 7) is 3.82. The van der Waals surface area contributed by atoms with E-state index in [2.05, 4.69) is 42.6 Å². The van der Waals surface area contributed by atoms with Crippen LogP contribution in [0.15, 0.2) is 42.5 Å². The fraction of sp³-hybridized carbons (Fsp3) is 0.278. The molecule has 0 radical (unpaired) electrons. The van der Waals surface area contributed by atoms with E-state index in [1.54, 1.807) is 13.2 Å². The Bertz CT molecular complexity index is 627. The molecule has 0 fully saturated rings. The highest BCUT2D eigenvalue weighted by Crippen LogP contribution is 2.20. The van der Waals surface area contributed by atoms with Crippen molar-refractivity contribution in [2.75, 3.05) is 13.7 Å². The lowest BCUT2D eigenvalue weighted by Gasteiger charge is -2.10. The lowest BCUT2D eigenvalue weighted by Crippen LogP contribution is -2.17. The number of rotatable bonds is 6. The van der Waals surface area contributed by atoms with Crippen LogP contribution in [-0.2, 0) is 13.0 Å². The van der Waals surface area contributed by atoms with Gasteiger partial charge in [0.15, 0.2) is 0 Å². The van der Waals surface area contributed by atoms with Crippen LogP contribution in [0.1, 0.15) is 22.3 Å². The fourth-order valence-electron chi connectivity index (χ4n) is 2.18. The van der Waals surface area contributed by atoms with Crippen LogP contribution in [0.3, 0.4) is 0 Å². The summed E-state index contributed by atoms with van der Waals surface area (Å²) in [4.78, 5) is 0. The molecule has 2 aromatic carbocycles. The van der Waals surface area contributed by atoms with Crippen molar-refractivity contribution >= 4 is 0 Å². The van der Waals surface area contributed by atoms with Gasteiger partial charge in [-0.3, -0.25) is 0 Å². The Morgan fingerprint density at radius 3 is 2.57 bits per heavy atom. The summed E-state index contributed by atoms with van der Waals surface area (Å²) < 4.78 is 5.34. The Morgan fingerprint density at radius 2 is 1.90 bits per heavy atom. The van der Waals surface area contributed by atoms with Gasteiger partial charge in [0.05, 0.1) is 18.7 Å². The minimum absolute atomic E-state index is 0.628. The second-order valence-corrected chi connectivity index (χ2v) is 5.05. The molecule has 0 amide bonds. The number of nitriles is 1. The van der Waals surface area contributed by atoms with Gasteiger partial charge in [0.1, 0.15) is 5.75 Å². The topological polar surface area (TPSA) is 45.0 Å². The average Bonchev–Trinajstić information content (AvgIpc) is 2.53. The van der Waals surface area contributed by atoms with Crippen molar-refractivity contribution in [3.8, 4) is 11.8 Å². The number of benzene rings is 2. The number of ether oxygens (including phenoxy) is 1. The summed E-state index contributed by atoms with van der Waals surface area (Å²) in [5.41, 5.74) is 4.31. The number of aryl methyl sites for hydroxylation is 1. The van der Waals surface area contributed by atoms with Crippen LogP contribution in [0.5, 0.6) is 5.75 Å². The van der Waals surface area contributed by atoms with Gasteiger partial charge >= 0.3 is 0 Å². The lowest BCUT2D eigenvalue weighted by molar-refractivity contribution is 0.409. The van der Waals surface area contributed by atoms with Gasteiger partial charge in [0.2, 0.25) is 0 Å². The summed E-state index contributed by atoms with van der Waals surface area (Å²) in [6.07, 6.45) is 0.876. The van der Waals surface area contributed by atoms with Crippen molar-refractivity contribution in [2.45, 2.75) is 19.9 Å². The van der Waals surface area contributed by atoms with Crippen LogP contribution < -0.4 is 10.1 Å². The predicted octanol–water partition coefficient (Wildman–Crippen LogP) is 3.21. The minimum atomic E-state index is 0.628. The Balaban J connectivity index is 1.86. The highest BCUT2D eigenvalue weighted by Gasteiger charge is 2.04. The lowest BCUT2D eigenvalue weighted by atomic mass is 10.1. The summed E-state index contributed by atoms with van der Waals surface area (Å²) in [6, 6.07) is 16.2. The normalized spacial score (nSPS) is 10.1. The van der Waals surface area contributed by atoms with Crippen LogP contribution in [0.25, 0.3) is 0 Å². The quantitative estimate of drug-likeness (QED) is 0.826. The molecule has 21 heavy (non-hydrogen) atoms. The first-order chi connectivity index (χ1) is 10.2. The maximum Gasteiger partial charge on any atom is 0.123 e. The zero-order chi connectivity index (χ0) is 15.1. The molecule has 0 aliphatic carbocycles. The summed E-state index contributed by atoms with van der Waals surface area (Å²) in [5, 5.41) is 12.3. The first kappa shape index (κ1) is 15.1. The number of hydrogen-bond donors (Lipinski definition) is 1. The van der Waals surface area contributed by atoms with Crippen molar-refractivity contribution in [2.24, 2.45) is 0 Å². The zero-order valence-electron chi connectivity index (χ0n) is 12.5. The second kappa shape index (κ2) is 7.47. The van der Waals surface area contributed by atoms with Gasteiger partial charge in [-0.2, -0.15) is 5.26 Å². The van der Waals surface area contributed by atoms with Crippen LogP contribution in [-0.4, -0.2) is 13.7 Å². The molecule has 108 valence electrons. The molecular formula is C18H20N2O. The monoisotopic (exact) mass is 280 g/mol. The van der Waals surface area contributed by atoms with Gasteiger partial charge in [0.25, 0.3) is 0 Å². The van der Waals surface area contributed by atoms with Gasteiger partial charge in [-0.05, 0) is 43.1 Å². The number of nitrogens with one attached hydrogen (secondary N) is 1. The predicted molar refractivity (Wildman–Crippen MR) is 84.3 cm³/mol. The molecule has 0 saturated heterocycles. The van der Waals surface area contributed by atoms with Gasteiger partial charge in [-0.25, -0.2) is 0 Å². The molecule has 1 N–H and O–H groups in total. The van der Waals surface area contributed by atoms with E-state index in [4.69, 9.17) is 10.00 Å². The third kappa shape index (κ3) is 4.34. The maximum absolute atomic E-state index is 8.89. The molecule has 0 aliphatic heterocycles. The molecule has 2 rings (SSSR count). The Hall–Kier alpha value is -2.31. The molecule has 2 aromatic rings. The molecule has 0 atom stereocenters. The van der Waals surface area contributed by atoms with E-state index in [1.165, 1.54) is 11.1 Å². The van der Waals surface area contributed by atoms with Crippen molar-refractivity contribution < 1.29 is 4.74 Å². The van der Waals surface area contributed by atoms with E-state index in [9.17, 15) is 0 Å². The maximum atomic E-state index is 8.89. The van der Waals surface area contributed by atoms with E-state index in [0.717, 1.165) is 30.8 Å². The minimum Gasteiger partial charge on any atom is -0.496 e. The largest absolute Gasteiger partial charge is 0.496 e. The second-order valence-electron chi connectivity index (χ2n) is 5.05. The van der Waals surface area contributed by atoms with Gasteiger partial charge in [0, 0.05) is 6.54 Å². The van der Waals surface area contributed by atoms with Crippen LogP contribution in [0, 0.1) is 18.3 Å². The summed E-state index contributed by atoms with van der Waals surface area (Å²) in [5.74, 6) is 0.784. The van der Waals surface area contributed by atoms with E-state index < -0.39 is 0 Å². The molecule has 0 heterocycles. The molecule has 0 aromatic heterocycles. The fourth-order valence-corrected chi connectivity index (χ4v) is 2.18. The average molecular weight is 280 g/mol. The standard InChI is InChI=1S/C18H20N2O/c1-14-3-5-15(6-4-14)13-20-10-9-17-8-7-16(12-19)11-18(17)21-2/h3-8,11,20H,9-10,13H2,1-2H3. The summed E-state index contributed by atoms with van der Waals surface area (Å²) >= 11 is 0. The Morgan fingerprint density at radius 1 is 1.14 bits per heavy atom. The van der Waals surface area contributed by atoms with E-state index in [1.807, 2.05) is 12.1 Å².